The van der Waals surface area contributed by atoms with E-state index in [1.165, 1.54) is 18.5 Å². The van der Waals surface area contributed by atoms with Gasteiger partial charge in [-0.25, -0.2) is 4.79 Å². The Morgan fingerprint density at radius 1 is 1.39 bits per heavy atom. The molecule has 1 rings (SSSR count). The lowest BCUT2D eigenvalue weighted by Crippen LogP contribution is -2.41. The first-order valence-electron chi connectivity index (χ1n) is 5.58. The highest BCUT2D eigenvalue weighted by Crippen LogP contribution is 2.10. The molecule has 0 unspecified atom stereocenters. The number of carbonyl (C=O) groups excluding carboxylic acids is 1. The van der Waals surface area contributed by atoms with E-state index in [0.29, 0.717) is 6.42 Å². The summed E-state index contributed by atoms with van der Waals surface area (Å²) in [6, 6.07) is 0.288. The summed E-state index contributed by atoms with van der Waals surface area (Å²) >= 11 is 0. The van der Waals surface area contributed by atoms with E-state index in [9.17, 15) is 14.7 Å². The molecule has 3 N–H and O–H groups in total. The summed E-state index contributed by atoms with van der Waals surface area (Å²) < 4.78 is 0. The predicted molar refractivity (Wildman–Crippen MR) is 64.2 cm³/mol. The maximum atomic E-state index is 11.8. The van der Waals surface area contributed by atoms with Crippen molar-refractivity contribution in [1.29, 1.82) is 0 Å². The standard InChI is InChI=1S/C12H16N2O4/c1-7(2)3-10(12(17)18)14-11(16)8-4-9(15)6-13-5-8/h4-7,10,15H,3H2,1-2H3,(H,14,16)(H,17,18)/t10-/m0/s1. The SMILES string of the molecule is CC(C)C[C@H](NC(=O)c1cncc(O)c1)C(=O)O. The van der Waals surface area contributed by atoms with Crippen molar-refractivity contribution in [3.8, 4) is 5.75 Å². The largest absolute Gasteiger partial charge is 0.506 e. The predicted octanol–water partition coefficient (Wildman–Crippen LogP) is 1.02. The number of amides is 1. The van der Waals surface area contributed by atoms with E-state index < -0.39 is 17.9 Å². The monoisotopic (exact) mass is 252 g/mol. The molecule has 18 heavy (non-hydrogen) atoms. The Kier molecular flexibility index (Phi) is 4.65. The minimum Gasteiger partial charge on any atom is -0.506 e. The van der Waals surface area contributed by atoms with Crippen LogP contribution in [0, 0.1) is 5.92 Å². The third-order valence-electron chi connectivity index (χ3n) is 2.30. The fourth-order valence-corrected chi connectivity index (χ4v) is 1.49. The van der Waals surface area contributed by atoms with Gasteiger partial charge in [0, 0.05) is 6.20 Å². The van der Waals surface area contributed by atoms with E-state index in [2.05, 4.69) is 10.3 Å². The minimum absolute atomic E-state index is 0.130. The zero-order chi connectivity index (χ0) is 13.7. The number of aromatic nitrogens is 1. The van der Waals surface area contributed by atoms with Gasteiger partial charge in [-0.2, -0.15) is 0 Å². The Hall–Kier alpha value is -2.11. The number of hydrogen-bond donors (Lipinski definition) is 3. The summed E-state index contributed by atoms with van der Waals surface area (Å²) in [7, 11) is 0. The number of pyridine rings is 1. The first-order chi connectivity index (χ1) is 8.40. The van der Waals surface area contributed by atoms with Gasteiger partial charge in [0.25, 0.3) is 5.91 Å². The molecule has 6 heteroatoms. The molecule has 1 amide bonds. The van der Waals surface area contributed by atoms with Crippen molar-refractivity contribution in [1.82, 2.24) is 10.3 Å². The summed E-state index contributed by atoms with van der Waals surface area (Å²) in [6.07, 6.45) is 2.80. The van der Waals surface area contributed by atoms with Crippen LogP contribution in [0.4, 0.5) is 0 Å². The van der Waals surface area contributed by atoms with Gasteiger partial charge in [0.15, 0.2) is 0 Å². The number of rotatable bonds is 5. The minimum atomic E-state index is -1.08. The molecule has 98 valence electrons. The van der Waals surface area contributed by atoms with Gasteiger partial charge in [0.2, 0.25) is 0 Å². The molecule has 0 bridgehead atoms. The molecule has 1 aromatic rings. The lowest BCUT2D eigenvalue weighted by Gasteiger charge is -2.16. The van der Waals surface area contributed by atoms with Crippen LogP contribution in [0.1, 0.15) is 30.6 Å². The fraction of sp³-hybridized carbons (Fsp3) is 0.417. The molecule has 0 fully saturated rings. The van der Waals surface area contributed by atoms with Crippen molar-refractivity contribution in [3.63, 3.8) is 0 Å². The average molecular weight is 252 g/mol. The second-order valence-electron chi connectivity index (χ2n) is 4.43. The summed E-state index contributed by atoms with van der Waals surface area (Å²) in [4.78, 5) is 26.4. The molecule has 0 saturated heterocycles. The van der Waals surface area contributed by atoms with Gasteiger partial charge in [-0.1, -0.05) is 13.8 Å². The Morgan fingerprint density at radius 2 is 2.06 bits per heavy atom. The Labute approximate surface area is 105 Å². The zero-order valence-electron chi connectivity index (χ0n) is 10.3. The molecular weight excluding hydrogens is 236 g/mol. The Balaban J connectivity index is 2.75. The molecule has 0 radical (unpaired) electrons. The van der Waals surface area contributed by atoms with Gasteiger partial charge in [-0.15, -0.1) is 0 Å². The van der Waals surface area contributed by atoms with Crippen LogP contribution < -0.4 is 5.32 Å². The van der Waals surface area contributed by atoms with Gasteiger partial charge in [0.1, 0.15) is 11.8 Å². The third kappa shape index (κ3) is 4.04. The van der Waals surface area contributed by atoms with Crippen LogP contribution in [0.5, 0.6) is 5.75 Å². The molecule has 0 spiro atoms. The molecule has 0 aromatic carbocycles. The van der Waals surface area contributed by atoms with Crippen molar-refractivity contribution >= 4 is 11.9 Å². The molecule has 0 aliphatic heterocycles. The molecule has 6 nitrogen and oxygen atoms in total. The highest BCUT2D eigenvalue weighted by Gasteiger charge is 2.21. The first kappa shape index (κ1) is 14.0. The smallest absolute Gasteiger partial charge is 0.326 e. The summed E-state index contributed by atoms with van der Waals surface area (Å²) in [5, 5.41) is 20.6. The molecule has 1 atom stereocenters. The zero-order valence-corrected chi connectivity index (χ0v) is 10.3. The van der Waals surface area contributed by atoms with Crippen molar-refractivity contribution < 1.29 is 19.8 Å². The maximum absolute atomic E-state index is 11.8. The van der Waals surface area contributed by atoms with Crippen molar-refractivity contribution in [2.75, 3.05) is 0 Å². The highest BCUT2D eigenvalue weighted by atomic mass is 16.4. The highest BCUT2D eigenvalue weighted by molar-refractivity contribution is 5.96. The molecule has 0 saturated carbocycles. The number of nitrogens with one attached hydrogen (secondary N) is 1. The molecule has 1 heterocycles. The quantitative estimate of drug-likeness (QED) is 0.726. The summed E-state index contributed by atoms with van der Waals surface area (Å²) in [6.45, 7) is 3.75. The number of nitrogens with zero attached hydrogens (tertiary/aromatic N) is 1. The van der Waals surface area contributed by atoms with Crippen LogP contribution in [0.2, 0.25) is 0 Å². The third-order valence-corrected chi connectivity index (χ3v) is 2.30. The molecular formula is C12H16N2O4. The number of aromatic hydroxyl groups is 1. The van der Waals surface area contributed by atoms with Crippen LogP contribution in [-0.2, 0) is 4.79 Å². The first-order valence-corrected chi connectivity index (χ1v) is 5.58. The fourth-order valence-electron chi connectivity index (χ4n) is 1.49. The Morgan fingerprint density at radius 3 is 2.56 bits per heavy atom. The maximum Gasteiger partial charge on any atom is 0.326 e. The van der Waals surface area contributed by atoms with E-state index >= 15 is 0 Å². The van der Waals surface area contributed by atoms with E-state index in [1.807, 2.05) is 13.8 Å². The van der Waals surface area contributed by atoms with Gasteiger partial charge in [-0.3, -0.25) is 9.78 Å². The van der Waals surface area contributed by atoms with Gasteiger partial charge in [0.05, 0.1) is 11.8 Å². The van der Waals surface area contributed by atoms with Gasteiger partial charge >= 0.3 is 5.97 Å². The van der Waals surface area contributed by atoms with Crippen LogP contribution in [0.3, 0.4) is 0 Å². The van der Waals surface area contributed by atoms with Crippen LogP contribution in [-0.4, -0.2) is 33.1 Å². The van der Waals surface area contributed by atoms with E-state index in [0.717, 1.165) is 0 Å². The average Bonchev–Trinajstić information content (AvgIpc) is 2.27. The van der Waals surface area contributed by atoms with E-state index in [-0.39, 0.29) is 17.2 Å². The molecule has 0 aliphatic rings. The number of aliphatic carboxylic acids is 1. The lowest BCUT2D eigenvalue weighted by molar-refractivity contribution is -0.139. The molecule has 1 aromatic heterocycles. The number of hydrogen-bond acceptors (Lipinski definition) is 4. The van der Waals surface area contributed by atoms with Crippen LogP contribution in [0.25, 0.3) is 0 Å². The van der Waals surface area contributed by atoms with Gasteiger partial charge in [-0.05, 0) is 18.4 Å². The lowest BCUT2D eigenvalue weighted by atomic mass is 10.0. The summed E-state index contributed by atoms with van der Waals surface area (Å²) in [5.41, 5.74) is 0.130. The Bertz CT molecular complexity index is 445. The van der Waals surface area contributed by atoms with E-state index in [1.54, 1.807) is 0 Å². The van der Waals surface area contributed by atoms with Crippen molar-refractivity contribution in [2.24, 2.45) is 5.92 Å². The number of carboxylic acids is 1. The van der Waals surface area contributed by atoms with Crippen LogP contribution in [0.15, 0.2) is 18.5 Å². The van der Waals surface area contributed by atoms with Gasteiger partial charge < -0.3 is 15.5 Å². The topological polar surface area (TPSA) is 99.5 Å². The van der Waals surface area contributed by atoms with Crippen LogP contribution >= 0.6 is 0 Å². The molecule has 0 aliphatic carbocycles. The normalized spacial score (nSPS) is 12.2. The summed E-state index contributed by atoms with van der Waals surface area (Å²) in [5.74, 6) is -1.64. The second-order valence-corrected chi connectivity index (χ2v) is 4.43. The van der Waals surface area contributed by atoms with Crippen molar-refractivity contribution in [3.05, 3.63) is 24.0 Å². The van der Waals surface area contributed by atoms with Crippen molar-refractivity contribution in [2.45, 2.75) is 26.3 Å². The second kappa shape index (κ2) is 6.00. The van der Waals surface area contributed by atoms with E-state index in [4.69, 9.17) is 5.11 Å². The number of carbonyl (C=O) groups is 2. The number of carboxylic acid groups (broad SMARTS) is 1.